The predicted octanol–water partition coefficient (Wildman–Crippen LogP) is 5.80. The van der Waals surface area contributed by atoms with E-state index in [9.17, 15) is 4.79 Å². The van der Waals surface area contributed by atoms with E-state index in [0.29, 0.717) is 17.1 Å². The zero-order chi connectivity index (χ0) is 19.1. The first-order valence-corrected chi connectivity index (χ1v) is 9.37. The first-order chi connectivity index (χ1) is 13.1. The molecule has 27 heavy (non-hydrogen) atoms. The number of hydrogen-bond acceptors (Lipinski definition) is 1. The minimum absolute atomic E-state index is 0.107. The Hall–Kier alpha value is -2.84. The van der Waals surface area contributed by atoms with Crippen LogP contribution in [0.1, 0.15) is 29.5 Å². The van der Waals surface area contributed by atoms with Crippen LogP contribution in [0.25, 0.3) is 11.6 Å². The van der Waals surface area contributed by atoms with Crippen molar-refractivity contribution in [2.75, 3.05) is 6.54 Å². The summed E-state index contributed by atoms with van der Waals surface area (Å²) < 4.78 is 0. The molecule has 1 unspecified atom stereocenters. The molecule has 136 valence electrons. The second kappa shape index (κ2) is 9.20. The van der Waals surface area contributed by atoms with Crippen LogP contribution in [-0.4, -0.2) is 12.5 Å². The molecule has 1 atom stereocenters. The Morgan fingerprint density at radius 1 is 0.926 bits per heavy atom. The Morgan fingerprint density at radius 2 is 1.52 bits per heavy atom. The summed E-state index contributed by atoms with van der Waals surface area (Å²) >= 11 is 6.29. The quantitative estimate of drug-likeness (QED) is 0.428. The molecule has 1 N–H and O–H groups in total. The van der Waals surface area contributed by atoms with Gasteiger partial charge in [-0.2, -0.15) is 0 Å². The molecule has 0 radical (unpaired) electrons. The third-order valence-electron chi connectivity index (χ3n) is 4.47. The lowest BCUT2D eigenvalue weighted by Gasteiger charge is -2.15. The fraction of sp³-hybridized carbons (Fsp3) is 0.125. The van der Waals surface area contributed by atoms with Crippen LogP contribution in [0, 0.1) is 0 Å². The van der Waals surface area contributed by atoms with E-state index in [1.807, 2.05) is 78.9 Å². The summed E-state index contributed by atoms with van der Waals surface area (Å²) in [6.07, 6.45) is 1.85. The number of carbonyl (C=O) groups is 1. The van der Waals surface area contributed by atoms with Crippen molar-refractivity contribution in [1.82, 2.24) is 5.32 Å². The Morgan fingerprint density at radius 3 is 2.19 bits per heavy atom. The lowest BCUT2D eigenvalue weighted by atomic mass is 9.99. The van der Waals surface area contributed by atoms with Gasteiger partial charge in [0.1, 0.15) is 0 Å². The third kappa shape index (κ3) is 5.08. The predicted molar refractivity (Wildman–Crippen MR) is 114 cm³/mol. The van der Waals surface area contributed by atoms with Crippen molar-refractivity contribution < 1.29 is 4.79 Å². The zero-order valence-corrected chi connectivity index (χ0v) is 16.0. The number of amides is 1. The molecule has 0 fully saturated rings. The highest BCUT2D eigenvalue weighted by Gasteiger charge is 2.14. The van der Waals surface area contributed by atoms with Crippen LogP contribution < -0.4 is 5.32 Å². The van der Waals surface area contributed by atoms with Gasteiger partial charge in [-0.05, 0) is 34.8 Å². The Bertz CT molecular complexity index is 919. The highest BCUT2D eigenvalue weighted by molar-refractivity contribution is 6.33. The van der Waals surface area contributed by atoms with Gasteiger partial charge in [0.05, 0.1) is 0 Å². The smallest absolute Gasteiger partial charge is 0.251 e. The highest BCUT2D eigenvalue weighted by Crippen LogP contribution is 2.23. The van der Waals surface area contributed by atoms with Crippen LogP contribution in [0.3, 0.4) is 0 Å². The molecule has 3 heteroatoms. The molecule has 0 saturated heterocycles. The van der Waals surface area contributed by atoms with Gasteiger partial charge in [-0.3, -0.25) is 4.79 Å². The molecule has 0 spiro atoms. The number of carbonyl (C=O) groups excluding carboxylic acids is 1. The van der Waals surface area contributed by atoms with Crippen LogP contribution in [0.4, 0.5) is 0 Å². The maximum atomic E-state index is 13.0. The Kier molecular flexibility index (Phi) is 6.45. The van der Waals surface area contributed by atoms with E-state index in [0.717, 1.165) is 11.1 Å². The van der Waals surface area contributed by atoms with Crippen molar-refractivity contribution in [2.45, 2.75) is 12.8 Å². The summed E-state index contributed by atoms with van der Waals surface area (Å²) in [6.45, 7) is 2.67. The Balaban J connectivity index is 1.83. The summed E-state index contributed by atoms with van der Waals surface area (Å²) in [4.78, 5) is 13.0. The summed E-state index contributed by atoms with van der Waals surface area (Å²) in [5.74, 6) is 0.122. The highest BCUT2D eigenvalue weighted by atomic mass is 35.5. The van der Waals surface area contributed by atoms with Gasteiger partial charge < -0.3 is 5.32 Å². The van der Waals surface area contributed by atoms with Crippen LogP contribution in [0.15, 0.2) is 84.9 Å². The second-order valence-electron chi connectivity index (χ2n) is 6.47. The number of benzene rings is 3. The van der Waals surface area contributed by atoms with E-state index in [1.54, 1.807) is 0 Å². The van der Waals surface area contributed by atoms with E-state index in [2.05, 4.69) is 24.4 Å². The van der Waals surface area contributed by atoms with Gasteiger partial charge in [0.15, 0.2) is 0 Å². The summed E-state index contributed by atoms with van der Waals surface area (Å²) in [6, 6.07) is 27.4. The fourth-order valence-electron chi connectivity index (χ4n) is 2.89. The number of hydrogen-bond donors (Lipinski definition) is 1. The van der Waals surface area contributed by atoms with E-state index in [1.165, 1.54) is 5.56 Å². The van der Waals surface area contributed by atoms with Crippen molar-refractivity contribution in [2.24, 2.45) is 0 Å². The summed E-state index contributed by atoms with van der Waals surface area (Å²) in [5.41, 5.74) is 3.49. The molecule has 0 aliphatic carbocycles. The van der Waals surface area contributed by atoms with E-state index in [-0.39, 0.29) is 11.8 Å². The molecule has 0 bridgehead atoms. The average molecular weight is 376 g/mol. The lowest BCUT2D eigenvalue weighted by Crippen LogP contribution is -2.28. The minimum atomic E-state index is -0.107. The first-order valence-electron chi connectivity index (χ1n) is 9.00. The van der Waals surface area contributed by atoms with Crippen LogP contribution >= 0.6 is 11.6 Å². The molecule has 0 aliphatic heterocycles. The molecule has 1 amide bonds. The summed E-state index contributed by atoms with van der Waals surface area (Å²) in [5, 5.41) is 3.69. The third-order valence-corrected chi connectivity index (χ3v) is 4.82. The molecule has 0 heterocycles. The molecule has 0 saturated carbocycles. The van der Waals surface area contributed by atoms with Crippen LogP contribution in [-0.2, 0) is 4.79 Å². The molecule has 3 aromatic rings. The van der Waals surface area contributed by atoms with Crippen molar-refractivity contribution in [3.8, 4) is 0 Å². The maximum absolute atomic E-state index is 13.0. The van der Waals surface area contributed by atoms with Gasteiger partial charge in [-0.1, -0.05) is 97.4 Å². The van der Waals surface area contributed by atoms with Gasteiger partial charge in [0, 0.05) is 17.1 Å². The molecule has 3 aromatic carbocycles. The average Bonchev–Trinajstić information content (AvgIpc) is 2.72. The first kappa shape index (κ1) is 18.9. The maximum Gasteiger partial charge on any atom is 0.251 e. The summed E-state index contributed by atoms with van der Waals surface area (Å²) in [7, 11) is 0. The topological polar surface area (TPSA) is 29.1 Å². The molecule has 2 nitrogen and oxygen atoms in total. The van der Waals surface area contributed by atoms with E-state index < -0.39 is 0 Å². The number of rotatable bonds is 6. The molecule has 3 rings (SSSR count). The van der Waals surface area contributed by atoms with E-state index >= 15 is 0 Å². The molecular weight excluding hydrogens is 354 g/mol. The number of halogens is 1. The van der Waals surface area contributed by atoms with Gasteiger partial charge in [0.2, 0.25) is 0 Å². The minimum Gasteiger partial charge on any atom is -0.351 e. The van der Waals surface area contributed by atoms with Gasteiger partial charge in [0.25, 0.3) is 5.91 Å². The molecule has 0 aromatic heterocycles. The zero-order valence-electron chi connectivity index (χ0n) is 15.2. The lowest BCUT2D eigenvalue weighted by molar-refractivity contribution is -0.115. The molecular formula is C24H22ClNO. The molecule has 0 aliphatic rings. The SMILES string of the molecule is CC(CNC(=O)/C(=C/c1ccccc1Cl)c1ccccc1)c1ccccc1. The van der Waals surface area contributed by atoms with Crippen molar-refractivity contribution in [3.05, 3.63) is 107 Å². The van der Waals surface area contributed by atoms with Gasteiger partial charge in [-0.15, -0.1) is 0 Å². The second-order valence-corrected chi connectivity index (χ2v) is 6.87. The van der Waals surface area contributed by atoms with Gasteiger partial charge in [-0.25, -0.2) is 0 Å². The van der Waals surface area contributed by atoms with Crippen LogP contribution in [0.2, 0.25) is 5.02 Å². The van der Waals surface area contributed by atoms with E-state index in [4.69, 9.17) is 11.6 Å². The normalized spacial score (nSPS) is 12.4. The number of nitrogens with one attached hydrogen (secondary N) is 1. The van der Waals surface area contributed by atoms with Crippen molar-refractivity contribution >= 4 is 29.2 Å². The van der Waals surface area contributed by atoms with Gasteiger partial charge >= 0.3 is 0 Å². The standard InChI is InChI=1S/C24H22ClNO/c1-18(19-10-4-2-5-11-19)17-26-24(27)22(20-12-6-3-7-13-20)16-21-14-8-9-15-23(21)25/h2-16,18H,17H2,1H3,(H,26,27)/b22-16+. The fourth-order valence-corrected chi connectivity index (χ4v) is 3.08. The monoisotopic (exact) mass is 375 g/mol. The van der Waals surface area contributed by atoms with Crippen molar-refractivity contribution in [3.63, 3.8) is 0 Å². The van der Waals surface area contributed by atoms with Crippen molar-refractivity contribution in [1.29, 1.82) is 0 Å². The van der Waals surface area contributed by atoms with Crippen LogP contribution in [0.5, 0.6) is 0 Å². The Labute approximate surface area is 165 Å². The largest absolute Gasteiger partial charge is 0.351 e.